The lowest BCUT2D eigenvalue weighted by atomic mass is 9.97. The van der Waals surface area contributed by atoms with Crippen LogP contribution in [0.4, 0.5) is 0 Å². The SMILES string of the molecule is CC/C=C\C/C=C\C/C=C\C/C=C\C/C=C\C/C=C\C/C=C\C/C=C\C/C=C\C/C=C\CCCCCCCCC(=O)NC(COC1OC(CO)C(OC2OC(CO)C(O)C(O)C2O)C(O)C1O)C(O)CCCCCC. The average Bonchev–Trinajstić information content (AvgIpc) is 3.41. The summed E-state index contributed by atoms with van der Waals surface area (Å²) in [6, 6.07) is -0.841. The van der Waals surface area contributed by atoms with Crippen LogP contribution in [0.25, 0.3) is 0 Å². The maximum absolute atomic E-state index is 13.1. The van der Waals surface area contributed by atoms with Gasteiger partial charge in [0, 0.05) is 6.42 Å². The molecule has 0 aromatic heterocycles. The summed E-state index contributed by atoms with van der Waals surface area (Å²) < 4.78 is 22.6. The van der Waals surface area contributed by atoms with Crippen molar-refractivity contribution in [3.05, 3.63) is 122 Å². The summed E-state index contributed by atoms with van der Waals surface area (Å²) in [6.45, 7) is 2.56. The monoisotopic (exact) mass is 1050 g/mol. The highest BCUT2D eigenvalue weighted by Gasteiger charge is 2.51. The van der Waals surface area contributed by atoms with Crippen molar-refractivity contribution in [3.63, 3.8) is 0 Å². The van der Waals surface area contributed by atoms with Crippen LogP contribution in [-0.2, 0) is 23.7 Å². The first-order chi connectivity index (χ1) is 36.6. The van der Waals surface area contributed by atoms with E-state index in [9.17, 15) is 45.6 Å². The molecule has 2 fully saturated rings. The van der Waals surface area contributed by atoms with E-state index in [4.69, 9.17) is 18.9 Å². The van der Waals surface area contributed by atoms with E-state index in [1.165, 1.54) is 0 Å². The summed E-state index contributed by atoms with van der Waals surface area (Å²) in [6.07, 6.45) is 48.7. The lowest BCUT2D eigenvalue weighted by Crippen LogP contribution is -2.65. The van der Waals surface area contributed by atoms with Crippen LogP contribution >= 0.6 is 0 Å². The number of ether oxygens (including phenoxy) is 4. The first kappa shape index (κ1) is 67.5. The maximum Gasteiger partial charge on any atom is 0.220 e. The van der Waals surface area contributed by atoms with Gasteiger partial charge in [0.1, 0.15) is 48.8 Å². The fourth-order valence-corrected chi connectivity index (χ4v) is 8.38. The number of amides is 1. The van der Waals surface area contributed by atoms with E-state index in [2.05, 4.69) is 141 Å². The molecule has 9 N–H and O–H groups in total. The van der Waals surface area contributed by atoms with Gasteiger partial charge in [-0.05, 0) is 89.9 Å². The molecular formula is C61H99NO13. The zero-order chi connectivity index (χ0) is 54.6. The fourth-order valence-electron chi connectivity index (χ4n) is 8.38. The number of carbonyl (C=O) groups excluding carboxylic acids is 1. The number of hydrogen-bond acceptors (Lipinski definition) is 13. The second-order valence-electron chi connectivity index (χ2n) is 19.3. The van der Waals surface area contributed by atoms with Gasteiger partial charge in [-0.1, -0.05) is 187 Å². The molecule has 2 saturated heterocycles. The molecular weight excluding hydrogens is 955 g/mol. The van der Waals surface area contributed by atoms with Gasteiger partial charge in [0.25, 0.3) is 0 Å². The minimum absolute atomic E-state index is 0.238. The van der Waals surface area contributed by atoms with E-state index in [1.807, 2.05) is 0 Å². The summed E-state index contributed by atoms with van der Waals surface area (Å²) in [5.41, 5.74) is 0. The third kappa shape index (κ3) is 31.4. The second kappa shape index (κ2) is 45.4. The predicted octanol–water partition coefficient (Wildman–Crippen LogP) is 9.05. The lowest BCUT2D eigenvalue weighted by molar-refractivity contribution is -0.359. The Hall–Kier alpha value is -3.61. The van der Waals surface area contributed by atoms with E-state index >= 15 is 0 Å². The number of unbranched alkanes of at least 4 members (excludes halogenated alkanes) is 9. The smallest absolute Gasteiger partial charge is 0.220 e. The lowest BCUT2D eigenvalue weighted by Gasteiger charge is -2.46. The van der Waals surface area contributed by atoms with E-state index in [1.54, 1.807) is 0 Å². The predicted molar refractivity (Wildman–Crippen MR) is 299 cm³/mol. The summed E-state index contributed by atoms with van der Waals surface area (Å²) in [5, 5.41) is 86.3. The van der Waals surface area contributed by atoms with Crippen LogP contribution in [-0.4, -0.2) is 140 Å². The van der Waals surface area contributed by atoms with Gasteiger partial charge < -0.3 is 65.1 Å². The van der Waals surface area contributed by atoms with Crippen LogP contribution in [0, 0.1) is 0 Å². The van der Waals surface area contributed by atoms with Crippen molar-refractivity contribution in [2.75, 3.05) is 19.8 Å². The number of carbonyl (C=O) groups is 1. The first-order valence-corrected chi connectivity index (χ1v) is 28.3. The third-order valence-electron chi connectivity index (χ3n) is 12.9. The van der Waals surface area contributed by atoms with Gasteiger partial charge >= 0.3 is 0 Å². The number of aliphatic hydroxyl groups is 8. The van der Waals surface area contributed by atoms with Crippen molar-refractivity contribution < 1.29 is 64.6 Å². The van der Waals surface area contributed by atoms with Crippen LogP contribution in [0.3, 0.4) is 0 Å². The molecule has 75 heavy (non-hydrogen) atoms. The maximum atomic E-state index is 13.1. The molecule has 426 valence electrons. The number of hydrogen-bond donors (Lipinski definition) is 9. The number of rotatable bonds is 42. The molecule has 0 aromatic rings. The highest BCUT2D eigenvalue weighted by atomic mass is 16.7. The Kier molecular flexibility index (Phi) is 40.9. The van der Waals surface area contributed by atoms with Crippen LogP contribution < -0.4 is 5.32 Å². The topological polar surface area (TPSA) is 228 Å². The van der Waals surface area contributed by atoms with Crippen molar-refractivity contribution in [2.24, 2.45) is 0 Å². The standard InChI is InChI=1S/C61H99NO13/c1-3-5-7-9-10-11-12-13-14-15-16-17-18-19-20-21-22-23-24-25-26-27-28-29-30-31-32-33-34-35-36-37-38-39-40-41-43-45-53(66)62-49(50(65)44-42-8-6-4-2)48-72-60-58(71)56(69)59(52(47-64)74-60)75-61-57(70)55(68)54(67)51(46-63)73-61/h5,7,10-11,13-14,16-17,19-20,22-23,25-26,28-29,31-32,34-35,49-52,54-61,63-65,67-71H,3-4,6,8-9,12,15,18,21,24,27,30,33,36-48H2,1-2H3,(H,62,66)/b7-5-,11-10-,14-13-,17-16-,20-19-,23-22-,26-25-,29-28-,32-31-,35-34-. The van der Waals surface area contributed by atoms with E-state index in [0.29, 0.717) is 12.8 Å². The molecule has 0 bridgehead atoms. The van der Waals surface area contributed by atoms with Crippen molar-refractivity contribution >= 4 is 5.91 Å². The molecule has 2 rings (SSSR count). The number of allylic oxidation sites excluding steroid dienone is 20. The third-order valence-corrected chi connectivity index (χ3v) is 12.9. The first-order valence-electron chi connectivity index (χ1n) is 28.3. The van der Waals surface area contributed by atoms with Crippen molar-refractivity contribution in [2.45, 2.75) is 235 Å². The van der Waals surface area contributed by atoms with Crippen molar-refractivity contribution in [1.82, 2.24) is 5.32 Å². The zero-order valence-electron chi connectivity index (χ0n) is 45.5. The van der Waals surface area contributed by atoms with Gasteiger partial charge in [-0.25, -0.2) is 0 Å². The van der Waals surface area contributed by atoms with E-state index in [0.717, 1.165) is 128 Å². The normalized spacial score (nSPS) is 26.0. The fraction of sp³-hybridized carbons (Fsp3) is 0.656. The summed E-state index contributed by atoms with van der Waals surface area (Å²) in [5.74, 6) is -0.238. The molecule has 0 spiro atoms. The van der Waals surface area contributed by atoms with Crippen molar-refractivity contribution in [1.29, 1.82) is 0 Å². The molecule has 0 aliphatic carbocycles. The molecule has 12 atom stereocenters. The van der Waals surface area contributed by atoms with Crippen LogP contribution in [0.15, 0.2) is 122 Å². The van der Waals surface area contributed by atoms with E-state index in [-0.39, 0.29) is 18.9 Å². The quantitative estimate of drug-likeness (QED) is 0.0206. The highest BCUT2D eigenvalue weighted by molar-refractivity contribution is 5.76. The molecule has 2 aliphatic heterocycles. The molecule has 2 aliphatic rings. The molecule has 1 amide bonds. The Morgan fingerprint density at radius 1 is 0.493 bits per heavy atom. The Morgan fingerprint density at radius 2 is 0.920 bits per heavy atom. The molecule has 2 heterocycles. The molecule has 0 saturated carbocycles. The number of aliphatic hydroxyl groups excluding tert-OH is 8. The number of nitrogens with one attached hydrogen (secondary N) is 1. The van der Waals surface area contributed by atoms with Gasteiger partial charge in [0.2, 0.25) is 5.91 Å². The summed E-state index contributed by atoms with van der Waals surface area (Å²) in [7, 11) is 0. The Balaban J connectivity index is 1.57. The molecule has 0 aromatic carbocycles. The van der Waals surface area contributed by atoms with Gasteiger partial charge in [-0.2, -0.15) is 0 Å². The van der Waals surface area contributed by atoms with Crippen molar-refractivity contribution in [3.8, 4) is 0 Å². The minimum Gasteiger partial charge on any atom is -0.394 e. The van der Waals surface area contributed by atoms with Crippen LogP contribution in [0.2, 0.25) is 0 Å². The molecule has 0 radical (unpaired) electrons. The van der Waals surface area contributed by atoms with Crippen LogP contribution in [0.1, 0.15) is 162 Å². The zero-order valence-corrected chi connectivity index (χ0v) is 45.5. The molecule has 14 heteroatoms. The second-order valence-corrected chi connectivity index (χ2v) is 19.3. The van der Waals surface area contributed by atoms with E-state index < -0.39 is 86.8 Å². The Labute approximate surface area is 450 Å². The highest BCUT2D eigenvalue weighted by Crippen LogP contribution is 2.30. The van der Waals surface area contributed by atoms with Gasteiger partial charge in [0.05, 0.1) is 32.0 Å². The van der Waals surface area contributed by atoms with Gasteiger partial charge in [-0.15, -0.1) is 0 Å². The molecule has 14 nitrogen and oxygen atoms in total. The summed E-state index contributed by atoms with van der Waals surface area (Å²) in [4.78, 5) is 13.1. The average molecular weight is 1050 g/mol. The van der Waals surface area contributed by atoms with Gasteiger partial charge in [-0.3, -0.25) is 4.79 Å². The Morgan fingerprint density at radius 3 is 1.40 bits per heavy atom. The largest absolute Gasteiger partial charge is 0.394 e. The Bertz CT molecular complexity index is 1720. The van der Waals surface area contributed by atoms with Crippen LogP contribution in [0.5, 0.6) is 0 Å². The molecule has 12 unspecified atom stereocenters. The van der Waals surface area contributed by atoms with Gasteiger partial charge in [0.15, 0.2) is 12.6 Å². The summed E-state index contributed by atoms with van der Waals surface area (Å²) >= 11 is 0. The minimum atomic E-state index is -1.79.